The zero-order valence-corrected chi connectivity index (χ0v) is 14.0. The van der Waals surface area contributed by atoms with Gasteiger partial charge in [0.15, 0.2) is 0 Å². The Balaban J connectivity index is 1.68. The van der Waals surface area contributed by atoms with Crippen LogP contribution in [0.2, 0.25) is 0 Å². The molecule has 1 atom stereocenters. The molecule has 0 bridgehead atoms. The Morgan fingerprint density at radius 1 is 1.20 bits per heavy atom. The molecule has 1 aliphatic carbocycles. The molecular formula is C16H21F3N4O2. The number of carbonyl (C=O) groups excluding carboxylic acids is 1. The summed E-state index contributed by atoms with van der Waals surface area (Å²) in [6.07, 6.45) is 2.77. The standard InChI is InChI=1S/C16H21F3N4O2/c1-21-14(16(17,18)19)20-23(15(21)25)12-7-9-22(10-8-12)13(24)11-5-3-2-4-6-11/h2-3,11-12H,4-10H2,1H3. The second-order valence-electron chi connectivity index (χ2n) is 6.65. The number of carbonyl (C=O) groups is 1. The fraction of sp³-hybridized carbons (Fsp3) is 0.688. The predicted octanol–water partition coefficient (Wildman–Crippen LogP) is 2.12. The minimum atomic E-state index is -4.66. The average Bonchev–Trinajstić information content (AvgIpc) is 2.91. The lowest BCUT2D eigenvalue weighted by Gasteiger charge is -2.34. The molecule has 0 saturated carbocycles. The summed E-state index contributed by atoms with van der Waals surface area (Å²) in [7, 11) is 1.07. The minimum absolute atomic E-state index is 0.00375. The average molecular weight is 358 g/mol. The smallest absolute Gasteiger partial charge is 0.342 e. The van der Waals surface area contributed by atoms with Crippen molar-refractivity contribution in [3.05, 3.63) is 28.5 Å². The van der Waals surface area contributed by atoms with Crippen molar-refractivity contribution in [1.29, 1.82) is 0 Å². The highest BCUT2D eigenvalue weighted by molar-refractivity contribution is 5.79. The second-order valence-corrected chi connectivity index (χ2v) is 6.65. The number of hydrogen-bond acceptors (Lipinski definition) is 3. The first kappa shape index (κ1) is 17.8. The second kappa shape index (κ2) is 6.68. The van der Waals surface area contributed by atoms with Crippen molar-refractivity contribution < 1.29 is 18.0 Å². The third kappa shape index (κ3) is 3.50. The molecule has 2 aliphatic rings. The van der Waals surface area contributed by atoms with E-state index in [-0.39, 0.29) is 11.8 Å². The SMILES string of the molecule is Cn1c(C(F)(F)F)nn(C2CCN(C(=O)C3CC=CCC3)CC2)c1=O. The molecule has 138 valence electrons. The lowest BCUT2D eigenvalue weighted by molar-refractivity contribution is -0.147. The van der Waals surface area contributed by atoms with Gasteiger partial charge >= 0.3 is 11.9 Å². The first-order chi connectivity index (χ1) is 11.8. The summed E-state index contributed by atoms with van der Waals surface area (Å²) in [5, 5.41) is 3.49. The Bertz CT molecular complexity index is 727. The molecular weight excluding hydrogens is 337 g/mol. The predicted molar refractivity (Wildman–Crippen MR) is 83.8 cm³/mol. The molecule has 3 rings (SSSR count). The summed E-state index contributed by atoms with van der Waals surface area (Å²) in [6.45, 7) is 0.877. The van der Waals surface area contributed by atoms with Crippen LogP contribution in [0.25, 0.3) is 0 Å². The van der Waals surface area contributed by atoms with Gasteiger partial charge in [-0.3, -0.25) is 9.36 Å². The number of piperidine rings is 1. The summed E-state index contributed by atoms with van der Waals surface area (Å²) in [6, 6.07) is -0.412. The molecule has 25 heavy (non-hydrogen) atoms. The third-order valence-corrected chi connectivity index (χ3v) is 5.00. The maximum Gasteiger partial charge on any atom is 0.451 e. The van der Waals surface area contributed by atoms with E-state index >= 15 is 0 Å². The molecule has 2 heterocycles. The van der Waals surface area contributed by atoms with Gasteiger partial charge in [-0.1, -0.05) is 12.2 Å². The molecule has 6 nitrogen and oxygen atoms in total. The van der Waals surface area contributed by atoms with Gasteiger partial charge in [0.25, 0.3) is 0 Å². The van der Waals surface area contributed by atoms with Crippen LogP contribution in [0.4, 0.5) is 13.2 Å². The monoisotopic (exact) mass is 358 g/mol. The Morgan fingerprint density at radius 2 is 1.88 bits per heavy atom. The molecule has 1 amide bonds. The van der Waals surface area contributed by atoms with Crippen LogP contribution >= 0.6 is 0 Å². The van der Waals surface area contributed by atoms with Crippen molar-refractivity contribution in [3.63, 3.8) is 0 Å². The van der Waals surface area contributed by atoms with E-state index < -0.39 is 23.7 Å². The number of hydrogen-bond donors (Lipinski definition) is 0. The highest BCUT2D eigenvalue weighted by Gasteiger charge is 2.39. The van der Waals surface area contributed by atoms with Crippen LogP contribution < -0.4 is 5.69 Å². The fourth-order valence-corrected chi connectivity index (χ4v) is 3.55. The molecule has 1 fully saturated rings. The quantitative estimate of drug-likeness (QED) is 0.761. The zero-order chi connectivity index (χ0) is 18.2. The fourth-order valence-electron chi connectivity index (χ4n) is 3.55. The van der Waals surface area contributed by atoms with Gasteiger partial charge < -0.3 is 4.90 Å². The van der Waals surface area contributed by atoms with E-state index in [1.54, 1.807) is 4.90 Å². The van der Waals surface area contributed by atoms with Gasteiger partial charge in [0.2, 0.25) is 11.7 Å². The number of allylic oxidation sites excluding steroid dienone is 2. The van der Waals surface area contributed by atoms with Gasteiger partial charge in [0.05, 0.1) is 6.04 Å². The zero-order valence-electron chi connectivity index (χ0n) is 14.0. The molecule has 1 aromatic heterocycles. The van der Waals surface area contributed by atoms with Crippen LogP contribution in [0, 0.1) is 5.92 Å². The summed E-state index contributed by atoms with van der Waals surface area (Å²) in [5.74, 6) is -1.09. The van der Waals surface area contributed by atoms with Crippen LogP contribution in [0.1, 0.15) is 44.0 Å². The van der Waals surface area contributed by atoms with Gasteiger partial charge in [-0.2, -0.15) is 13.2 Å². The van der Waals surface area contributed by atoms with Gasteiger partial charge in [0.1, 0.15) is 0 Å². The van der Waals surface area contributed by atoms with Crippen LogP contribution in [-0.4, -0.2) is 38.2 Å². The number of halogens is 3. The maximum absolute atomic E-state index is 12.9. The normalized spacial score (nSPS) is 22.4. The van der Waals surface area contributed by atoms with E-state index in [9.17, 15) is 22.8 Å². The molecule has 0 spiro atoms. The Kier molecular flexibility index (Phi) is 4.75. The van der Waals surface area contributed by atoms with Crippen LogP contribution in [0.5, 0.6) is 0 Å². The van der Waals surface area contributed by atoms with Crippen molar-refractivity contribution in [2.45, 2.75) is 44.3 Å². The van der Waals surface area contributed by atoms with E-state index in [2.05, 4.69) is 11.2 Å². The van der Waals surface area contributed by atoms with E-state index in [1.807, 2.05) is 6.08 Å². The summed E-state index contributed by atoms with van der Waals surface area (Å²) >= 11 is 0. The number of alkyl halides is 3. The summed E-state index contributed by atoms with van der Waals surface area (Å²) < 4.78 is 40.1. The number of nitrogens with zero attached hydrogens (tertiary/aromatic N) is 4. The van der Waals surface area contributed by atoms with Crippen LogP contribution in [0.3, 0.4) is 0 Å². The van der Waals surface area contributed by atoms with E-state index in [4.69, 9.17) is 0 Å². The van der Waals surface area contributed by atoms with Crippen molar-refractivity contribution in [1.82, 2.24) is 19.2 Å². The molecule has 0 aromatic carbocycles. The molecule has 1 aromatic rings. The Morgan fingerprint density at radius 3 is 2.40 bits per heavy atom. The van der Waals surface area contributed by atoms with Gasteiger partial charge in [0, 0.05) is 26.1 Å². The molecule has 1 aliphatic heterocycles. The van der Waals surface area contributed by atoms with Crippen molar-refractivity contribution in [2.75, 3.05) is 13.1 Å². The summed E-state index contributed by atoms with van der Waals surface area (Å²) in [4.78, 5) is 26.3. The van der Waals surface area contributed by atoms with E-state index in [0.717, 1.165) is 31.0 Å². The maximum atomic E-state index is 12.9. The van der Waals surface area contributed by atoms with E-state index in [1.165, 1.54) is 0 Å². The third-order valence-electron chi connectivity index (χ3n) is 5.00. The molecule has 1 unspecified atom stereocenters. The van der Waals surface area contributed by atoms with Crippen molar-refractivity contribution in [2.24, 2.45) is 13.0 Å². The van der Waals surface area contributed by atoms with E-state index in [0.29, 0.717) is 30.5 Å². The highest BCUT2D eigenvalue weighted by atomic mass is 19.4. The lowest BCUT2D eigenvalue weighted by Crippen LogP contribution is -2.43. The van der Waals surface area contributed by atoms with Crippen LogP contribution in [0.15, 0.2) is 16.9 Å². The van der Waals surface area contributed by atoms with Gasteiger partial charge in [-0.25, -0.2) is 9.48 Å². The Labute approximate surface area is 142 Å². The first-order valence-electron chi connectivity index (χ1n) is 8.45. The largest absolute Gasteiger partial charge is 0.451 e. The van der Waals surface area contributed by atoms with Crippen LogP contribution in [-0.2, 0) is 18.0 Å². The topological polar surface area (TPSA) is 60.1 Å². The number of aromatic nitrogens is 3. The lowest BCUT2D eigenvalue weighted by atomic mass is 9.92. The van der Waals surface area contributed by atoms with Gasteiger partial charge in [-0.05, 0) is 32.1 Å². The molecule has 1 saturated heterocycles. The summed E-state index contributed by atoms with van der Waals surface area (Å²) in [5.41, 5.74) is -0.769. The Hall–Kier alpha value is -2.06. The number of amides is 1. The first-order valence-corrected chi connectivity index (χ1v) is 8.45. The minimum Gasteiger partial charge on any atom is -0.342 e. The molecule has 9 heteroatoms. The molecule has 0 radical (unpaired) electrons. The highest BCUT2D eigenvalue weighted by Crippen LogP contribution is 2.29. The van der Waals surface area contributed by atoms with Crippen molar-refractivity contribution >= 4 is 5.91 Å². The molecule has 0 N–H and O–H groups in total. The number of rotatable bonds is 2. The van der Waals surface area contributed by atoms with Gasteiger partial charge in [-0.15, -0.1) is 5.10 Å². The number of likely N-dealkylation sites (tertiary alicyclic amines) is 1. The van der Waals surface area contributed by atoms with Crippen molar-refractivity contribution in [3.8, 4) is 0 Å².